The van der Waals surface area contributed by atoms with E-state index in [-0.39, 0.29) is 25.2 Å². The molecule has 2 N–H and O–H groups in total. The minimum absolute atomic E-state index is 0. The predicted octanol–water partition coefficient (Wildman–Crippen LogP) is 1.20. The molecule has 1 aromatic carbocycles. The third-order valence-electron chi connectivity index (χ3n) is 1.13. The van der Waals surface area contributed by atoms with Gasteiger partial charge in [0.05, 0.1) is 6.21 Å². The van der Waals surface area contributed by atoms with E-state index in [1.54, 1.807) is 18.2 Å². The number of hydrogen-bond acceptors (Lipinski definition) is 3. The summed E-state index contributed by atoms with van der Waals surface area (Å²) in [5, 5.41) is 19.9. The van der Waals surface area contributed by atoms with Crippen molar-refractivity contribution in [3.05, 3.63) is 29.8 Å². The first-order chi connectivity index (χ1) is 4.84. The van der Waals surface area contributed by atoms with Crippen LogP contribution in [0.3, 0.4) is 0 Å². The van der Waals surface area contributed by atoms with E-state index in [2.05, 4.69) is 5.16 Å². The topological polar surface area (TPSA) is 52.8 Å². The van der Waals surface area contributed by atoms with Gasteiger partial charge in [0, 0.05) is 25.0 Å². The Morgan fingerprint density at radius 2 is 1.91 bits per heavy atom. The number of para-hydroxylation sites is 1. The number of aromatic hydroxyl groups is 1. The molecule has 0 aliphatic carbocycles. The number of rotatable bonds is 1. The molecule has 1 rings (SSSR count). The maximum atomic E-state index is 9.04. The van der Waals surface area contributed by atoms with Crippen molar-refractivity contribution in [2.45, 2.75) is 0 Å². The summed E-state index contributed by atoms with van der Waals surface area (Å²) in [6, 6.07) is 6.62. The molecule has 0 radical (unpaired) electrons. The predicted molar refractivity (Wildman–Crippen MR) is 37.5 cm³/mol. The average Bonchev–Trinajstić information content (AvgIpc) is 1.94. The Balaban J connectivity index is 0.000001000. The molecule has 0 amide bonds. The van der Waals surface area contributed by atoms with Gasteiger partial charge in [0.2, 0.25) is 0 Å². The smallest absolute Gasteiger partial charge is 0.124 e. The van der Waals surface area contributed by atoms with E-state index in [0.29, 0.717) is 5.56 Å². The summed E-state index contributed by atoms with van der Waals surface area (Å²) in [5.41, 5.74) is 0.505. The SMILES string of the molecule is O/N=C\c1ccccc1O.[Zn]. The zero-order valence-electron chi connectivity index (χ0n) is 5.94. The van der Waals surface area contributed by atoms with Crippen LogP contribution in [-0.4, -0.2) is 16.5 Å². The summed E-state index contributed by atoms with van der Waals surface area (Å²) in [5.74, 6) is 0.111. The van der Waals surface area contributed by atoms with Gasteiger partial charge < -0.3 is 10.3 Å². The van der Waals surface area contributed by atoms with Crippen LogP contribution in [0.15, 0.2) is 29.4 Å². The van der Waals surface area contributed by atoms with E-state index < -0.39 is 0 Å². The zero-order chi connectivity index (χ0) is 7.40. The third-order valence-corrected chi connectivity index (χ3v) is 1.13. The van der Waals surface area contributed by atoms with Gasteiger partial charge in [-0.15, -0.1) is 0 Å². The van der Waals surface area contributed by atoms with Crippen molar-refractivity contribution < 1.29 is 29.8 Å². The fourth-order valence-corrected chi connectivity index (χ4v) is 0.659. The number of oxime groups is 1. The molecule has 1 aromatic rings. The molecule has 0 heterocycles. The van der Waals surface area contributed by atoms with E-state index in [0.717, 1.165) is 0 Å². The van der Waals surface area contributed by atoms with Crippen LogP contribution in [0.5, 0.6) is 5.75 Å². The molecule has 0 aliphatic rings. The molecule has 54 valence electrons. The molecule has 0 spiro atoms. The van der Waals surface area contributed by atoms with Crippen LogP contribution >= 0.6 is 0 Å². The van der Waals surface area contributed by atoms with Gasteiger partial charge in [-0.05, 0) is 12.1 Å². The largest absolute Gasteiger partial charge is 0.507 e. The van der Waals surface area contributed by atoms with Gasteiger partial charge >= 0.3 is 0 Å². The summed E-state index contributed by atoms with van der Waals surface area (Å²) < 4.78 is 0. The Labute approximate surface area is 77.1 Å². The van der Waals surface area contributed by atoms with Crippen LogP contribution in [0, 0.1) is 0 Å². The van der Waals surface area contributed by atoms with Crippen LogP contribution < -0.4 is 0 Å². The van der Waals surface area contributed by atoms with Gasteiger partial charge in [0.1, 0.15) is 5.75 Å². The van der Waals surface area contributed by atoms with E-state index in [9.17, 15) is 0 Å². The van der Waals surface area contributed by atoms with Gasteiger partial charge in [-0.25, -0.2) is 0 Å². The normalized spacial score (nSPS) is 9.45. The molecule has 3 nitrogen and oxygen atoms in total. The maximum Gasteiger partial charge on any atom is 0.124 e. The molecule has 0 aromatic heterocycles. The van der Waals surface area contributed by atoms with Crippen molar-refractivity contribution >= 4 is 6.21 Å². The number of phenolic OH excluding ortho intramolecular Hbond substituents is 1. The van der Waals surface area contributed by atoms with Crippen molar-refractivity contribution in [1.82, 2.24) is 0 Å². The Bertz CT molecular complexity index is 250. The van der Waals surface area contributed by atoms with Crippen LogP contribution in [-0.2, 0) is 19.5 Å². The number of nitrogens with zero attached hydrogens (tertiary/aromatic N) is 1. The molecule has 0 aliphatic heterocycles. The van der Waals surface area contributed by atoms with Crippen molar-refractivity contribution in [2.24, 2.45) is 5.16 Å². The van der Waals surface area contributed by atoms with Gasteiger partial charge in [-0.3, -0.25) is 0 Å². The van der Waals surface area contributed by atoms with Crippen molar-refractivity contribution in [1.29, 1.82) is 0 Å². The van der Waals surface area contributed by atoms with Crippen LogP contribution in [0.2, 0.25) is 0 Å². The molecule has 0 saturated heterocycles. The monoisotopic (exact) mass is 201 g/mol. The van der Waals surface area contributed by atoms with Gasteiger partial charge in [0.25, 0.3) is 0 Å². The second-order valence-corrected chi connectivity index (χ2v) is 1.80. The molecule has 0 fully saturated rings. The van der Waals surface area contributed by atoms with Gasteiger partial charge in [0.15, 0.2) is 0 Å². The summed E-state index contributed by atoms with van der Waals surface area (Å²) >= 11 is 0. The fourth-order valence-electron chi connectivity index (χ4n) is 0.659. The number of benzene rings is 1. The summed E-state index contributed by atoms with van der Waals surface area (Å²) in [4.78, 5) is 0. The Kier molecular flexibility index (Phi) is 4.47. The van der Waals surface area contributed by atoms with Crippen LogP contribution in [0.4, 0.5) is 0 Å². The molecule has 0 unspecified atom stereocenters. The first-order valence-electron chi connectivity index (χ1n) is 2.80. The van der Waals surface area contributed by atoms with Gasteiger partial charge in [-0.2, -0.15) is 0 Å². The fraction of sp³-hybridized carbons (Fsp3) is 0. The Morgan fingerprint density at radius 1 is 1.27 bits per heavy atom. The standard InChI is InChI=1S/C7H7NO2.Zn/c9-7-4-2-1-3-6(7)5-8-10;/h1-5,9-10H;/b8-5-;. The van der Waals surface area contributed by atoms with Crippen molar-refractivity contribution in [3.8, 4) is 5.75 Å². The van der Waals surface area contributed by atoms with Gasteiger partial charge in [-0.1, -0.05) is 17.3 Å². The average molecular weight is 203 g/mol. The molecule has 0 atom stereocenters. The Morgan fingerprint density at radius 3 is 2.45 bits per heavy atom. The molecule has 4 heteroatoms. The maximum absolute atomic E-state index is 9.04. The number of hydrogen-bond donors (Lipinski definition) is 2. The third kappa shape index (κ3) is 2.68. The molecule has 11 heavy (non-hydrogen) atoms. The first kappa shape index (κ1) is 10.1. The van der Waals surface area contributed by atoms with Crippen molar-refractivity contribution in [2.75, 3.05) is 0 Å². The zero-order valence-corrected chi connectivity index (χ0v) is 8.90. The molecule has 0 saturated carbocycles. The summed E-state index contributed by atoms with van der Waals surface area (Å²) in [6.07, 6.45) is 1.18. The van der Waals surface area contributed by atoms with Crippen molar-refractivity contribution in [3.63, 3.8) is 0 Å². The number of phenols is 1. The molecule has 0 bridgehead atoms. The summed E-state index contributed by atoms with van der Waals surface area (Å²) in [7, 11) is 0. The molecular weight excluding hydrogens is 195 g/mol. The van der Waals surface area contributed by atoms with E-state index in [4.69, 9.17) is 10.3 Å². The second-order valence-electron chi connectivity index (χ2n) is 1.80. The molecular formula is C7H7NO2Zn. The van der Waals surface area contributed by atoms with E-state index in [1.165, 1.54) is 12.3 Å². The Hall–Kier alpha value is -0.887. The quantitative estimate of drug-likeness (QED) is 0.311. The van der Waals surface area contributed by atoms with Crippen LogP contribution in [0.1, 0.15) is 5.56 Å². The van der Waals surface area contributed by atoms with E-state index >= 15 is 0 Å². The minimum Gasteiger partial charge on any atom is -0.507 e. The summed E-state index contributed by atoms with van der Waals surface area (Å²) in [6.45, 7) is 0. The minimum atomic E-state index is 0. The van der Waals surface area contributed by atoms with E-state index in [1.807, 2.05) is 0 Å². The second kappa shape index (κ2) is 4.86. The first-order valence-corrected chi connectivity index (χ1v) is 2.80. The van der Waals surface area contributed by atoms with Crippen LogP contribution in [0.25, 0.3) is 0 Å².